The fourth-order valence-corrected chi connectivity index (χ4v) is 4.44. The first-order chi connectivity index (χ1) is 12.2. The Morgan fingerprint density at radius 1 is 1.12 bits per heavy atom. The Labute approximate surface area is 148 Å². The van der Waals surface area contributed by atoms with Crippen LogP contribution in [-0.4, -0.2) is 20.3 Å². The number of ether oxygens (including phenoxy) is 2. The van der Waals surface area contributed by atoms with Crippen LogP contribution in [0.4, 0.5) is 5.69 Å². The lowest BCUT2D eigenvalue weighted by Crippen LogP contribution is -2.38. The molecular weight excluding hydrogens is 312 g/mol. The first-order valence-corrected chi connectivity index (χ1v) is 8.70. The number of anilines is 1. The molecule has 0 saturated heterocycles. The van der Waals surface area contributed by atoms with Crippen LogP contribution in [0.3, 0.4) is 0 Å². The van der Waals surface area contributed by atoms with Crippen molar-refractivity contribution in [3.05, 3.63) is 53.6 Å². The Morgan fingerprint density at radius 2 is 1.92 bits per heavy atom. The van der Waals surface area contributed by atoms with Crippen molar-refractivity contribution >= 4 is 5.69 Å². The van der Waals surface area contributed by atoms with E-state index in [1.807, 2.05) is 18.2 Å². The number of rotatable bonds is 3. The molecule has 25 heavy (non-hydrogen) atoms. The van der Waals surface area contributed by atoms with E-state index >= 15 is 0 Å². The third-order valence-corrected chi connectivity index (χ3v) is 5.79. The minimum absolute atomic E-state index is 0.373. The van der Waals surface area contributed by atoms with Gasteiger partial charge in [-0.05, 0) is 48.6 Å². The standard InChI is InChI=1S/C21H22N2O2/c1-24-19-8-7-14(11-20(19)25-2)21(13-22)10-9-18-16(12-21)15-5-3-4-6-17(15)23-18/h3-8,11,16,18,23H,9-10,12H2,1-2H3/t16-,18-,21+/m1/s1. The molecular formula is C21H22N2O2. The Hall–Kier alpha value is -2.67. The van der Waals surface area contributed by atoms with Gasteiger partial charge in [0.25, 0.3) is 0 Å². The van der Waals surface area contributed by atoms with Gasteiger partial charge in [0, 0.05) is 17.6 Å². The van der Waals surface area contributed by atoms with Gasteiger partial charge in [0.05, 0.1) is 25.7 Å². The van der Waals surface area contributed by atoms with Crippen LogP contribution in [-0.2, 0) is 5.41 Å². The number of benzene rings is 2. The molecule has 4 nitrogen and oxygen atoms in total. The van der Waals surface area contributed by atoms with Gasteiger partial charge in [-0.25, -0.2) is 0 Å². The van der Waals surface area contributed by atoms with Crippen LogP contribution >= 0.6 is 0 Å². The fourth-order valence-electron chi connectivity index (χ4n) is 4.44. The lowest BCUT2D eigenvalue weighted by molar-refractivity contribution is 0.312. The quantitative estimate of drug-likeness (QED) is 0.913. The SMILES string of the molecule is COc1ccc([C@@]2(C#N)CC[C@H]3Nc4ccccc4[C@H]3C2)cc1OC. The molecule has 1 aliphatic heterocycles. The molecule has 1 N–H and O–H groups in total. The average molecular weight is 334 g/mol. The molecule has 2 aromatic rings. The van der Waals surface area contributed by atoms with E-state index in [4.69, 9.17) is 9.47 Å². The van der Waals surface area contributed by atoms with Crippen LogP contribution in [0.15, 0.2) is 42.5 Å². The second kappa shape index (κ2) is 6.00. The van der Waals surface area contributed by atoms with E-state index in [1.165, 1.54) is 11.3 Å². The molecule has 2 aliphatic rings. The first-order valence-electron chi connectivity index (χ1n) is 8.70. The van der Waals surface area contributed by atoms with Crippen LogP contribution in [0.25, 0.3) is 0 Å². The maximum Gasteiger partial charge on any atom is 0.161 e. The molecule has 0 spiro atoms. The molecule has 1 heterocycles. The van der Waals surface area contributed by atoms with E-state index < -0.39 is 5.41 Å². The third-order valence-electron chi connectivity index (χ3n) is 5.79. The molecule has 0 unspecified atom stereocenters. The van der Waals surface area contributed by atoms with Crippen molar-refractivity contribution < 1.29 is 9.47 Å². The summed E-state index contributed by atoms with van der Waals surface area (Å²) < 4.78 is 10.8. The molecule has 4 heteroatoms. The van der Waals surface area contributed by atoms with E-state index in [-0.39, 0.29) is 0 Å². The molecule has 1 saturated carbocycles. The van der Waals surface area contributed by atoms with Gasteiger partial charge in [-0.15, -0.1) is 0 Å². The molecule has 0 radical (unpaired) electrons. The summed E-state index contributed by atoms with van der Waals surface area (Å²) in [6.45, 7) is 0. The van der Waals surface area contributed by atoms with E-state index in [1.54, 1.807) is 14.2 Å². The minimum atomic E-state index is -0.486. The summed E-state index contributed by atoms with van der Waals surface area (Å²) in [4.78, 5) is 0. The number of hydrogen-bond donors (Lipinski definition) is 1. The van der Waals surface area contributed by atoms with Gasteiger partial charge in [0.1, 0.15) is 0 Å². The number of fused-ring (bicyclic) bond motifs is 3. The highest BCUT2D eigenvalue weighted by molar-refractivity contribution is 5.60. The van der Waals surface area contributed by atoms with Crippen molar-refractivity contribution in [3.8, 4) is 17.6 Å². The fraction of sp³-hybridized carbons (Fsp3) is 0.381. The topological polar surface area (TPSA) is 54.3 Å². The number of para-hydroxylation sites is 1. The highest BCUT2D eigenvalue weighted by Gasteiger charge is 2.46. The molecule has 4 rings (SSSR count). The molecule has 0 amide bonds. The lowest BCUT2D eigenvalue weighted by atomic mass is 9.64. The monoisotopic (exact) mass is 334 g/mol. The highest BCUT2D eigenvalue weighted by atomic mass is 16.5. The molecule has 0 bridgehead atoms. The summed E-state index contributed by atoms with van der Waals surface area (Å²) in [6.07, 6.45) is 2.66. The van der Waals surface area contributed by atoms with Gasteiger partial charge < -0.3 is 14.8 Å². The molecule has 2 aromatic carbocycles. The highest BCUT2D eigenvalue weighted by Crippen LogP contribution is 2.51. The normalized spacial score (nSPS) is 26.8. The zero-order valence-electron chi connectivity index (χ0n) is 14.6. The molecule has 1 aliphatic carbocycles. The second-order valence-corrected chi connectivity index (χ2v) is 6.95. The molecule has 0 aromatic heterocycles. The molecule has 128 valence electrons. The van der Waals surface area contributed by atoms with Gasteiger partial charge >= 0.3 is 0 Å². The summed E-state index contributed by atoms with van der Waals surface area (Å²) in [5.41, 5.74) is 3.10. The van der Waals surface area contributed by atoms with E-state index in [9.17, 15) is 5.26 Å². The average Bonchev–Trinajstić information content (AvgIpc) is 3.04. The number of nitrogens with zero attached hydrogens (tertiary/aromatic N) is 1. The smallest absolute Gasteiger partial charge is 0.161 e. The van der Waals surface area contributed by atoms with Crippen LogP contribution in [0.1, 0.15) is 36.3 Å². The van der Waals surface area contributed by atoms with Crippen molar-refractivity contribution in [2.24, 2.45) is 0 Å². The van der Waals surface area contributed by atoms with Crippen molar-refractivity contribution in [1.29, 1.82) is 5.26 Å². The summed E-state index contributed by atoms with van der Waals surface area (Å²) in [5.74, 6) is 1.75. The Kier molecular flexibility index (Phi) is 3.80. The predicted molar refractivity (Wildman–Crippen MR) is 97.3 cm³/mol. The number of nitrogens with one attached hydrogen (secondary N) is 1. The molecule has 1 fully saturated rings. The van der Waals surface area contributed by atoms with Gasteiger partial charge in [0.2, 0.25) is 0 Å². The van der Waals surface area contributed by atoms with Gasteiger partial charge in [-0.3, -0.25) is 0 Å². The van der Waals surface area contributed by atoms with Crippen LogP contribution < -0.4 is 14.8 Å². The summed E-state index contributed by atoms with van der Waals surface area (Å²) >= 11 is 0. The van der Waals surface area contributed by atoms with Crippen LogP contribution in [0.2, 0.25) is 0 Å². The summed E-state index contributed by atoms with van der Waals surface area (Å²) in [6, 6.07) is 17.4. The van der Waals surface area contributed by atoms with E-state index in [0.717, 1.165) is 24.8 Å². The number of hydrogen-bond acceptors (Lipinski definition) is 4. The largest absolute Gasteiger partial charge is 0.493 e. The minimum Gasteiger partial charge on any atom is -0.493 e. The third kappa shape index (κ3) is 2.42. The van der Waals surface area contributed by atoms with Crippen molar-refractivity contribution in [3.63, 3.8) is 0 Å². The van der Waals surface area contributed by atoms with Crippen molar-refractivity contribution in [1.82, 2.24) is 0 Å². The summed E-state index contributed by atoms with van der Waals surface area (Å²) in [7, 11) is 3.26. The maximum absolute atomic E-state index is 10.1. The van der Waals surface area contributed by atoms with Crippen LogP contribution in [0, 0.1) is 11.3 Å². The molecule has 3 atom stereocenters. The van der Waals surface area contributed by atoms with Crippen LogP contribution in [0.5, 0.6) is 11.5 Å². The van der Waals surface area contributed by atoms with E-state index in [2.05, 4.69) is 35.7 Å². The van der Waals surface area contributed by atoms with E-state index in [0.29, 0.717) is 23.5 Å². The van der Waals surface area contributed by atoms with Gasteiger partial charge in [-0.1, -0.05) is 24.3 Å². The van der Waals surface area contributed by atoms with Gasteiger partial charge in [0.15, 0.2) is 11.5 Å². The first kappa shape index (κ1) is 15.8. The van der Waals surface area contributed by atoms with Gasteiger partial charge in [-0.2, -0.15) is 5.26 Å². The summed E-state index contributed by atoms with van der Waals surface area (Å²) in [5, 5.41) is 13.7. The zero-order valence-corrected chi connectivity index (χ0v) is 14.6. The van der Waals surface area contributed by atoms with Crippen molar-refractivity contribution in [2.45, 2.75) is 36.6 Å². The lowest BCUT2D eigenvalue weighted by Gasteiger charge is -2.38. The van der Waals surface area contributed by atoms with Crippen molar-refractivity contribution in [2.75, 3.05) is 19.5 Å². The Morgan fingerprint density at radius 3 is 2.68 bits per heavy atom. The number of methoxy groups -OCH3 is 2. The number of nitriles is 1. The Balaban J connectivity index is 1.72. The zero-order chi connectivity index (χ0) is 17.4. The Bertz CT molecular complexity index is 842. The predicted octanol–water partition coefficient (Wildman–Crippen LogP) is 4.23. The second-order valence-electron chi connectivity index (χ2n) is 6.95. The maximum atomic E-state index is 10.1.